The molecule has 2 aliphatic heterocycles. The van der Waals surface area contributed by atoms with Gasteiger partial charge in [0.15, 0.2) is 0 Å². The lowest BCUT2D eigenvalue weighted by molar-refractivity contribution is -0.144. The molecule has 2 saturated heterocycles. The number of hydrogen-bond acceptors (Lipinski definition) is 3. The van der Waals surface area contributed by atoms with Gasteiger partial charge in [-0.2, -0.15) is 0 Å². The summed E-state index contributed by atoms with van der Waals surface area (Å²) in [6, 6.07) is -0.416. The molecule has 1 aliphatic carbocycles. The van der Waals surface area contributed by atoms with Crippen LogP contribution in [0.5, 0.6) is 0 Å². The Morgan fingerprint density at radius 1 is 1.06 bits per heavy atom. The molecule has 3 rings (SSSR count). The summed E-state index contributed by atoms with van der Waals surface area (Å²) in [6.45, 7) is 0.704. The van der Waals surface area contributed by atoms with Crippen molar-refractivity contribution in [3.63, 3.8) is 0 Å². The Kier molecular flexibility index (Phi) is 2.84. The van der Waals surface area contributed by atoms with Crippen LogP contribution in [0.25, 0.3) is 0 Å². The van der Waals surface area contributed by atoms with Gasteiger partial charge in [0, 0.05) is 18.9 Å². The maximum atomic E-state index is 12.3. The summed E-state index contributed by atoms with van der Waals surface area (Å²) in [6.07, 6.45) is 5.20. The van der Waals surface area contributed by atoms with Gasteiger partial charge in [0.25, 0.3) is 0 Å². The second-order valence-electron chi connectivity index (χ2n) is 5.61. The van der Waals surface area contributed by atoms with Gasteiger partial charge in [-0.05, 0) is 25.2 Å². The van der Waals surface area contributed by atoms with Crippen molar-refractivity contribution in [3.8, 4) is 0 Å². The van der Waals surface area contributed by atoms with E-state index < -0.39 is 6.04 Å². The Morgan fingerprint density at radius 3 is 2.56 bits per heavy atom. The molecule has 0 aromatic heterocycles. The van der Waals surface area contributed by atoms with Crippen molar-refractivity contribution in [2.45, 2.75) is 44.6 Å². The van der Waals surface area contributed by atoms with Crippen LogP contribution in [0.3, 0.4) is 0 Å². The first-order chi connectivity index (χ1) is 8.66. The summed E-state index contributed by atoms with van der Waals surface area (Å²) in [5.41, 5.74) is 0. The lowest BCUT2D eigenvalue weighted by atomic mass is 9.81. The Hall–Kier alpha value is -1.39. The molecule has 1 saturated carbocycles. The molecular formula is C13H18N2O3. The number of carbonyl (C=O) groups excluding carboxylic acids is 3. The summed E-state index contributed by atoms with van der Waals surface area (Å²) in [5.74, 6) is 0.175. The van der Waals surface area contributed by atoms with Gasteiger partial charge >= 0.3 is 0 Å². The molecule has 98 valence electrons. The number of nitrogens with one attached hydrogen (secondary N) is 1. The summed E-state index contributed by atoms with van der Waals surface area (Å²) in [4.78, 5) is 37.0. The van der Waals surface area contributed by atoms with Gasteiger partial charge in [-0.1, -0.05) is 12.8 Å². The first kappa shape index (κ1) is 11.7. The van der Waals surface area contributed by atoms with Crippen LogP contribution in [0, 0.1) is 11.8 Å². The zero-order valence-corrected chi connectivity index (χ0v) is 10.4. The Balaban J connectivity index is 1.75. The van der Waals surface area contributed by atoms with Crippen molar-refractivity contribution in [1.29, 1.82) is 0 Å². The quantitative estimate of drug-likeness (QED) is 0.687. The van der Waals surface area contributed by atoms with E-state index in [9.17, 15) is 14.4 Å². The molecule has 3 amide bonds. The van der Waals surface area contributed by atoms with E-state index in [-0.39, 0.29) is 23.6 Å². The average Bonchev–Trinajstić information content (AvgIpc) is 2.68. The number of hydrogen-bond donors (Lipinski definition) is 1. The fourth-order valence-corrected chi connectivity index (χ4v) is 3.57. The monoisotopic (exact) mass is 250 g/mol. The predicted octanol–water partition coefficient (Wildman–Crippen LogP) is 0.440. The first-order valence-corrected chi connectivity index (χ1v) is 6.81. The third-order valence-corrected chi connectivity index (χ3v) is 4.53. The molecule has 0 aromatic rings. The van der Waals surface area contributed by atoms with Gasteiger partial charge in [0.2, 0.25) is 17.7 Å². The van der Waals surface area contributed by atoms with Gasteiger partial charge in [0.05, 0.1) is 0 Å². The Morgan fingerprint density at radius 2 is 1.83 bits per heavy atom. The zero-order chi connectivity index (χ0) is 12.7. The fourth-order valence-electron chi connectivity index (χ4n) is 3.57. The molecule has 18 heavy (non-hydrogen) atoms. The van der Waals surface area contributed by atoms with Crippen LogP contribution in [0.15, 0.2) is 0 Å². The SMILES string of the molecule is O=C1CCC(N2CC3CCCCC3C2=O)C(=O)N1. The summed E-state index contributed by atoms with van der Waals surface area (Å²) in [7, 11) is 0. The molecule has 0 aromatic carbocycles. The van der Waals surface area contributed by atoms with Gasteiger partial charge in [-0.15, -0.1) is 0 Å². The molecule has 3 aliphatic rings. The molecule has 3 fully saturated rings. The number of nitrogens with zero attached hydrogens (tertiary/aromatic N) is 1. The summed E-state index contributed by atoms with van der Waals surface area (Å²) < 4.78 is 0. The molecule has 0 bridgehead atoms. The number of carbonyl (C=O) groups is 3. The van der Waals surface area contributed by atoms with E-state index in [0.29, 0.717) is 25.3 Å². The number of amides is 3. The molecule has 2 heterocycles. The van der Waals surface area contributed by atoms with Gasteiger partial charge in [0.1, 0.15) is 6.04 Å². The predicted molar refractivity (Wildman–Crippen MR) is 63.3 cm³/mol. The van der Waals surface area contributed by atoms with Crippen molar-refractivity contribution in [3.05, 3.63) is 0 Å². The molecule has 5 heteroatoms. The highest BCUT2D eigenvalue weighted by atomic mass is 16.2. The minimum Gasteiger partial charge on any atom is -0.330 e. The highest BCUT2D eigenvalue weighted by Crippen LogP contribution is 2.38. The highest BCUT2D eigenvalue weighted by Gasteiger charge is 2.46. The number of rotatable bonds is 1. The minimum absolute atomic E-state index is 0.129. The molecule has 3 atom stereocenters. The van der Waals surface area contributed by atoms with E-state index in [1.54, 1.807) is 4.90 Å². The average molecular weight is 250 g/mol. The van der Waals surface area contributed by atoms with Crippen molar-refractivity contribution >= 4 is 17.7 Å². The maximum absolute atomic E-state index is 12.3. The van der Waals surface area contributed by atoms with Crippen LogP contribution < -0.4 is 5.32 Å². The number of likely N-dealkylation sites (tertiary alicyclic amines) is 1. The lowest BCUT2D eigenvalue weighted by Gasteiger charge is -2.29. The smallest absolute Gasteiger partial charge is 0.249 e. The summed E-state index contributed by atoms with van der Waals surface area (Å²) in [5, 5.41) is 2.34. The first-order valence-electron chi connectivity index (χ1n) is 6.81. The van der Waals surface area contributed by atoms with Crippen molar-refractivity contribution in [1.82, 2.24) is 10.2 Å². The molecule has 0 spiro atoms. The Labute approximate surface area is 106 Å². The van der Waals surface area contributed by atoms with E-state index in [2.05, 4.69) is 5.32 Å². The fraction of sp³-hybridized carbons (Fsp3) is 0.769. The maximum Gasteiger partial charge on any atom is 0.249 e. The minimum atomic E-state index is -0.416. The molecule has 1 N–H and O–H groups in total. The van der Waals surface area contributed by atoms with Crippen LogP contribution in [0.1, 0.15) is 38.5 Å². The van der Waals surface area contributed by atoms with Crippen molar-refractivity contribution < 1.29 is 14.4 Å². The van der Waals surface area contributed by atoms with E-state index in [1.807, 2.05) is 0 Å². The number of fused-ring (bicyclic) bond motifs is 1. The number of imide groups is 1. The third kappa shape index (κ3) is 1.82. The topological polar surface area (TPSA) is 66.5 Å². The summed E-state index contributed by atoms with van der Waals surface area (Å²) >= 11 is 0. The van der Waals surface area contributed by atoms with E-state index in [4.69, 9.17) is 0 Å². The third-order valence-electron chi connectivity index (χ3n) is 4.53. The van der Waals surface area contributed by atoms with Crippen LogP contribution in [-0.4, -0.2) is 35.2 Å². The normalized spacial score (nSPS) is 36.6. The molecular weight excluding hydrogens is 232 g/mol. The van der Waals surface area contributed by atoms with Crippen LogP contribution in [-0.2, 0) is 14.4 Å². The van der Waals surface area contributed by atoms with E-state index in [0.717, 1.165) is 19.3 Å². The van der Waals surface area contributed by atoms with Crippen LogP contribution in [0.4, 0.5) is 0 Å². The lowest BCUT2D eigenvalue weighted by Crippen LogP contribution is -2.53. The largest absolute Gasteiger partial charge is 0.330 e. The molecule has 5 nitrogen and oxygen atoms in total. The second kappa shape index (κ2) is 4.37. The van der Waals surface area contributed by atoms with E-state index in [1.165, 1.54) is 6.42 Å². The van der Waals surface area contributed by atoms with Crippen LogP contribution >= 0.6 is 0 Å². The highest BCUT2D eigenvalue weighted by molar-refractivity contribution is 6.02. The Bertz CT molecular complexity index is 407. The zero-order valence-electron chi connectivity index (χ0n) is 10.4. The van der Waals surface area contributed by atoms with Crippen molar-refractivity contribution in [2.75, 3.05) is 6.54 Å². The van der Waals surface area contributed by atoms with Gasteiger partial charge in [-0.3, -0.25) is 19.7 Å². The van der Waals surface area contributed by atoms with E-state index >= 15 is 0 Å². The number of piperidine rings is 1. The van der Waals surface area contributed by atoms with Crippen molar-refractivity contribution in [2.24, 2.45) is 11.8 Å². The molecule has 0 radical (unpaired) electrons. The van der Waals surface area contributed by atoms with Gasteiger partial charge in [-0.25, -0.2) is 0 Å². The van der Waals surface area contributed by atoms with Gasteiger partial charge < -0.3 is 4.90 Å². The van der Waals surface area contributed by atoms with Crippen LogP contribution in [0.2, 0.25) is 0 Å². The standard InChI is InChI=1S/C13H18N2O3/c16-11-6-5-10(12(17)14-11)15-7-8-3-1-2-4-9(8)13(15)18/h8-10H,1-7H2,(H,14,16,17). The molecule has 3 unspecified atom stereocenters. The second-order valence-corrected chi connectivity index (χ2v) is 5.61.